The molecule has 7 heteroatoms. The molecular weight excluding hydrogens is 370 g/mol. The van der Waals surface area contributed by atoms with Crippen molar-refractivity contribution in [3.63, 3.8) is 0 Å². The van der Waals surface area contributed by atoms with Gasteiger partial charge in [0.25, 0.3) is 0 Å². The van der Waals surface area contributed by atoms with Crippen LogP contribution in [0.25, 0.3) is 0 Å². The lowest BCUT2D eigenvalue weighted by Gasteiger charge is -2.24. The van der Waals surface area contributed by atoms with Crippen LogP contribution in [0.3, 0.4) is 0 Å². The van der Waals surface area contributed by atoms with Crippen molar-refractivity contribution in [2.24, 2.45) is 0 Å². The molecule has 0 spiro atoms. The first-order valence-electron chi connectivity index (χ1n) is 9.98. The number of amides is 1. The predicted octanol–water partition coefficient (Wildman–Crippen LogP) is 4.96. The summed E-state index contributed by atoms with van der Waals surface area (Å²) >= 11 is 0. The summed E-state index contributed by atoms with van der Waals surface area (Å²) < 4.78 is 16.9. The fraction of sp³-hybridized carbons (Fsp3) is 0.455. The van der Waals surface area contributed by atoms with E-state index in [0.29, 0.717) is 18.2 Å². The van der Waals surface area contributed by atoms with E-state index < -0.39 is 11.7 Å². The Balaban J connectivity index is 1.56. The Kier molecular flexibility index (Phi) is 5.32. The lowest BCUT2D eigenvalue weighted by molar-refractivity contribution is 0.0636. The van der Waals surface area contributed by atoms with Gasteiger partial charge >= 0.3 is 6.09 Å². The van der Waals surface area contributed by atoms with Crippen molar-refractivity contribution >= 4 is 23.3 Å². The quantitative estimate of drug-likeness (QED) is 0.745. The number of nitrogens with one attached hydrogen (secondary N) is 2. The van der Waals surface area contributed by atoms with Crippen LogP contribution in [0.15, 0.2) is 30.5 Å². The molecule has 1 aromatic heterocycles. The summed E-state index contributed by atoms with van der Waals surface area (Å²) in [6, 6.07) is 7.56. The number of hydrogen-bond acceptors (Lipinski definition) is 6. The molecule has 2 aliphatic heterocycles. The van der Waals surface area contributed by atoms with Crippen molar-refractivity contribution in [3.05, 3.63) is 41.6 Å². The zero-order chi connectivity index (χ0) is 20.4. The summed E-state index contributed by atoms with van der Waals surface area (Å²) in [5.74, 6) is 1.97. The molecule has 2 aliphatic rings. The van der Waals surface area contributed by atoms with Crippen molar-refractivity contribution in [2.75, 3.05) is 23.8 Å². The summed E-state index contributed by atoms with van der Waals surface area (Å²) in [5, 5.41) is 6.15. The van der Waals surface area contributed by atoms with Gasteiger partial charge in [0.05, 0.1) is 5.69 Å². The van der Waals surface area contributed by atoms with Gasteiger partial charge in [0.2, 0.25) is 0 Å². The van der Waals surface area contributed by atoms with E-state index in [4.69, 9.17) is 14.2 Å². The van der Waals surface area contributed by atoms with Crippen molar-refractivity contribution in [2.45, 2.75) is 51.7 Å². The lowest BCUT2D eigenvalue weighted by Crippen LogP contribution is -2.27. The van der Waals surface area contributed by atoms with Crippen molar-refractivity contribution < 1.29 is 19.0 Å². The SMILES string of the molecule is CC(C)(C)OC(=O)Nc1ccc2c(c1)Nc1nccc(C3CCOCC3)c1CO2. The molecule has 3 heterocycles. The third-order valence-electron chi connectivity index (χ3n) is 5.00. The second-order valence-corrected chi connectivity index (χ2v) is 8.37. The maximum Gasteiger partial charge on any atom is 0.412 e. The number of aromatic nitrogens is 1. The average molecular weight is 397 g/mol. The smallest absolute Gasteiger partial charge is 0.412 e. The highest BCUT2D eigenvalue weighted by Crippen LogP contribution is 2.39. The molecule has 2 aromatic rings. The summed E-state index contributed by atoms with van der Waals surface area (Å²) in [6.45, 7) is 7.52. The van der Waals surface area contributed by atoms with E-state index in [1.54, 1.807) is 6.07 Å². The van der Waals surface area contributed by atoms with Crippen molar-refractivity contribution in [1.82, 2.24) is 4.98 Å². The highest BCUT2D eigenvalue weighted by molar-refractivity contribution is 5.86. The van der Waals surface area contributed by atoms with Gasteiger partial charge in [0.1, 0.15) is 23.8 Å². The van der Waals surface area contributed by atoms with E-state index in [9.17, 15) is 4.79 Å². The van der Waals surface area contributed by atoms with Crippen LogP contribution >= 0.6 is 0 Å². The van der Waals surface area contributed by atoms with Gasteiger partial charge in [0, 0.05) is 30.7 Å². The molecule has 0 atom stereocenters. The first kappa shape index (κ1) is 19.5. The van der Waals surface area contributed by atoms with Crippen LogP contribution < -0.4 is 15.4 Å². The molecule has 0 bridgehead atoms. The third kappa shape index (κ3) is 4.62. The Morgan fingerprint density at radius 3 is 2.79 bits per heavy atom. The molecule has 1 fully saturated rings. The van der Waals surface area contributed by atoms with Gasteiger partial charge in [-0.25, -0.2) is 9.78 Å². The van der Waals surface area contributed by atoms with Crippen LogP contribution in [0.5, 0.6) is 5.75 Å². The summed E-state index contributed by atoms with van der Waals surface area (Å²) in [7, 11) is 0. The molecule has 2 N–H and O–H groups in total. The van der Waals surface area contributed by atoms with Gasteiger partial charge in [-0.15, -0.1) is 0 Å². The number of pyridine rings is 1. The van der Waals surface area contributed by atoms with Crippen molar-refractivity contribution in [1.29, 1.82) is 0 Å². The number of fused-ring (bicyclic) bond motifs is 2. The monoisotopic (exact) mass is 397 g/mol. The molecule has 1 amide bonds. The Labute approximate surface area is 170 Å². The molecule has 7 nitrogen and oxygen atoms in total. The second kappa shape index (κ2) is 7.91. The van der Waals surface area contributed by atoms with Crippen LogP contribution in [0.4, 0.5) is 22.0 Å². The number of nitrogens with zero attached hydrogens (tertiary/aromatic N) is 1. The van der Waals surface area contributed by atoms with Gasteiger partial charge in [-0.2, -0.15) is 0 Å². The summed E-state index contributed by atoms with van der Waals surface area (Å²) in [5.41, 5.74) is 3.18. The number of carbonyl (C=O) groups is 1. The van der Waals surface area contributed by atoms with Crippen LogP contribution in [-0.4, -0.2) is 29.9 Å². The van der Waals surface area contributed by atoms with E-state index in [-0.39, 0.29) is 0 Å². The Morgan fingerprint density at radius 1 is 1.24 bits per heavy atom. The standard InChI is InChI=1S/C22H27N3O4/c1-22(2,3)29-21(26)24-15-4-5-19-18(12-15)25-20-17(13-28-19)16(6-9-23-20)14-7-10-27-11-8-14/h4-6,9,12,14H,7-8,10-11,13H2,1-3H3,(H,23,25)(H,24,26). The van der Waals surface area contributed by atoms with Gasteiger partial charge < -0.3 is 19.5 Å². The highest BCUT2D eigenvalue weighted by atomic mass is 16.6. The van der Waals surface area contributed by atoms with Crippen LogP contribution in [0.1, 0.15) is 50.7 Å². The number of rotatable bonds is 2. The highest BCUT2D eigenvalue weighted by Gasteiger charge is 2.24. The number of hydrogen-bond donors (Lipinski definition) is 2. The zero-order valence-corrected chi connectivity index (χ0v) is 17.1. The Morgan fingerprint density at radius 2 is 2.03 bits per heavy atom. The van der Waals surface area contributed by atoms with E-state index in [0.717, 1.165) is 48.9 Å². The molecule has 0 unspecified atom stereocenters. The van der Waals surface area contributed by atoms with Gasteiger partial charge in [-0.1, -0.05) is 0 Å². The maximum absolute atomic E-state index is 12.1. The summed E-state index contributed by atoms with van der Waals surface area (Å²) in [6.07, 6.45) is 3.36. The van der Waals surface area contributed by atoms with E-state index >= 15 is 0 Å². The molecule has 1 aromatic carbocycles. The topological polar surface area (TPSA) is 81.7 Å². The number of carbonyl (C=O) groups excluding carboxylic acids is 1. The molecule has 1 saturated heterocycles. The second-order valence-electron chi connectivity index (χ2n) is 8.37. The summed E-state index contributed by atoms with van der Waals surface area (Å²) in [4.78, 5) is 16.6. The fourth-order valence-corrected chi connectivity index (χ4v) is 3.69. The molecule has 154 valence electrons. The molecule has 0 aliphatic carbocycles. The number of anilines is 3. The van der Waals surface area contributed by atoms with Gasteiger partial charge in [-0.3, -0.25) is 5.32 Å². The maximum atomic E-state index is 12.1. The minimum absolute atomic E-state index is 0.453. The van der Waals surface area contributed by atoms with E-state index in [1.807, 2.05) is 39.1 Å². The molecular formula is C22H27N3O4. The average Bonchev–Trinajstić information content (AvgIpc) is 2.85. The number of ether oxygens (including phenoxy) is 3. The normalized spacial score (nSPS) is 16.5. The molecule has 0 saturated carbocycles. The van der Waals surface area contributed by atoms with Crippen LogP contribution in [0, 0.1) is 0 Å². The minimum atomic E-state index is -0.555. The Hall–Kier alpha value is -2.80. The van der Waals surface area contributed by atoms with Gasteiger partial charge in [-0.05, 0) is 69.4 Å². The lowest BCUT2D eigenvalue weighted by atomic mass is 9.89. The van der Waals surface area contributed by atoms with E-state index in [2.05, 4.69) is 21.7 Å². The molecule has 29 heavy (non-hydrogen) atoms. The fourth-order valence-electron chi connectivity index (χ4n) is 3.69. The largest absolute Gasteiger partial charge is 0.487 e. The van der Waals surface area contributed by atoms with E-state index in [1.165, 1.54) is 5.56 Å². The molecule has 0 radical (unpaired) electrons. The van der Waals surface area contributed by atoms with Crippen LogP contribution in [-0.2, 0) is 16.1 Å². The predicted molar refractivity (Wildman–Crippen MR) is 111 cm³/mol. The third-order valence-corrected chi connectivity index (χ3v) is 5.00. The minimum Gasteiger partial charge on any atom is -0.487 e. The first-order chi connectivity index (χ1) is 13.9. The zero-order valence-electron chi connectivity index (χ0n) is 17.1. The number of benzene rings is 1. The Bertz CT molecular complexity index is 901. The van der Waals surface area contributed by atoms with Gasteiger partial charge in [0.15, 0.2) is 0 Å². The van der Waals surface area contributed by atoms with Crippen LogP contribution in [0.2, 0.25) is 0 Å². The van der Waals surface area contributed by atoms with Crippen molar-refractivity contribution in [3.8, 4) is 5.75 Å². The first-order valence-corrected chi connectivity index (χ1v) is 9.98. The molecule has 4 rings (SSSR count).